The number of aromatic amines is 1. The largest absolute Gasteiger partial charge is 0.342 e. The number of aromatic nitrogens is 4. The van der Waals surface area contributed by atoms with Crippen LogP contribution in [0.1, 0.15) is 32.9 Å². The van der Waals surface area contributed by atoms with Gasteiger partial charge in [0, 0.05) is 37.1 Å². The highest BCUT2D eigenvalue weighted by Crippen LogP contribution is 2.27. The summed E-state index contributed by atoms with van der Waals surface area (Å²) in [5, 5.41) is 6.94. The summed E-state index contributed by atoms with van der Waals surface area (Å²) in [6.07, 6.45) is 6.98. The highest BCUT2D eigenvalue weighted by atomic mass is 16.2. The molecule has 6 heteroatoms. The van der Waals surface area contributed by atoms with Crippen molar-refractivity contribution in [3.05, 3.63) is 30.4 Å². The maximum absolute atomic E-state index is 12.4. The van der Waals surface area contributed by atoms with Crippen LogP contribution in [0.5, 0.6) is 0 Å². The molecule has 1 amide bonds. The molecule has 0 aromatic carbocycles. The standard InChI is InChI=1S/C17H23N5O/c1-17(2,3)16(23)22-9-5-12(11-22)10-14-15(19-8-7-18-14)13-4-6-20-21-13/h4,6-8,12H,5,9-11H2,1-3H3,(H,20,21)/t12-/m0/s1. The van der Waals surface area contributed by atoms with Crippen molar-refractivity contribution in [2.45, 2.75) is 33.6 Å². The lowest BCUT2D eigenvalue weighted by Crippen LogP contribution is -2.38. The molecule has 6 nitrogen and oxygen atoms in total. The Morgan fingerprint density at radius 3 is 2.78 bits per heavy atom. The smallest absolute Gasteiger partial charge is 0.227 e. The molecule has 23 heavy (non-hydrogen) atoms. The average Bonchev–Trinajstić information content (AvgIpc) is 3.17. The van der Waals surface area contributed by atoms with Gasteiger partial charge in [0.15, 0.2) is 0 Å². The van der Waals surface area contributed by atoms with E-state index in [9.17, 15) is 4.79 Å². The van der Waals surface area contributed by atoms with E-state index in [2.05, 4.69) is 20.2 Å². The average molecular weight is 313 g/mol. The van der Waals surface area contributed by atoms with E-state index >= 15 is 0 Å². The van der Waals surface area contributed by atoms with E-state index in [4.69, 9.17) is 0 Å². The Kier molecular flexibility index (Phi) is 4.15. The Bertz CT molecular complexity index is 675. The quantitative estimate of drug-likeness (QED) is 0.943. The van der Waals surface area contributed by atoms with Crippen molar-refractivity contribution in [3.63, 3.8) is 0 Å². The van der Waals surface area contributed by atoms with Crippen molar-refractivity contribution in [2.24, 2.45) is 11.3 Å². The minimum Gasteiger partial charge on any atom is -0.342 e. The van der Waals surface area contributed by atoms with Crippen LogP contribution >= 0.6 is 0 Å². The second-order valence-corrected chi connectivity index (χ2v) is 7.18. The minimum atomic E-state index is -0.317. The maximum Gasteiger partial charge on any atom is 0.227 e. The molecule has 3 heterocycles. The molecule has 0 bridgehead atoms. The van der Waals surface area contributed by atoms with Crippen LogP contribution in [0, 0.1) is 11.3 Å². The van der Waals surface area contributed by atoms with Crippen molar-refractivity contribution in [2.75, 3.05) is 13.1 Å². The van der Waals surface area contributed by atoms with Crippen molar-refractivity contribution in [1.82, 2.24) is 25.1 Å². The van der Waals surface area contributed by atoms with Gasteiger partial charge in [0.2, 0.25) is 5.91 Å². The molecule has 1 saturated heterocycles. The van der Waals surface area contributed by atoms with Crippen LogP contribution in [-0.4, -0.2) is 44.1 Å². The molecule has 0 spiro atoms. The fourth-order valence-electron chi connectivity index (χ4n) is 3.06. The van der Waals surface area contributed by atoms with Crippen LogP contribution < -0.4 is 0 Å². The number of nitrogens with one attached hydrogen (secondary N) is 1. The number of carbonyl (C=O) groups is 1. The van der Waals surface area contributed by atoms with E-state index in [0.29, 0.717) is 5.92 Å². The van der Waals surface area contributed by atoms with E-state index < -0.39 is 0 Å². The fraction of sp³-hybridized carbons (Fsp3) is 0.529. The van der Waals surface area contributed by atoms with Gasteiger partial charge in [0.05, 0.1) is 11.4 Å². The van der Waals surface area contributed by atoms with Gasteiger partial charge in [0.1, 0.15) is 5.69 Å². The summed E-state index contributed by atoms with van der Waals surface area (Å²) >= 11 is 0. The van der Waals surface area contributed by atoms with Gasteiger partial charge in [0.25, 0.3) is 0 Å². The van der Waals surface area contributed by atoms with Gasteiger partial charge in [-0.25, -0.2) is 0 Å². The lowest BCUT2D eigenvalue weighted by atomic mass is 9.95. The van der Waals surface area contributed by atoms with Gasteiger partial charge in [-0.15, -0.1) is 0 Å². The van der Waals surface area contributed by atoms with Crippen LogP contribution in [-0.2, 0) is 11.2 Å². The summed E-state index contributed by atoms with van der Waals surface area (Å²) in [7, 11) is 0. The van der Waals surface area contributed by atoms with Gasteiger partial charge >= 0.3 is 0 Å². The van der Waals surface area contributed by atoms with Crippen LogP contribution in [0.3, 0.4) is 0 Å². The van der Waals surface area contributed by atoms with Gasteiger partial charge in [-0.05, 0) is 24.8 Å². The number of hydrogen-bond acceptors (Lipinski definition) is 4. The lowest BCUT2D eigenvalue weighted by molar-refractivity contribution is -0.138. The number of carbonyl (C=O) groups excluding carboxylic acids is 1. The number of rotatable bonds is 3. The third kappa shape index (κ3) is 3.41. The lowest BCUT2D eigenvalue weighted by Gasteiger charge is -2.25. The first-order valence-electron chi connectivity index (χ1n) is 8.04. The van der Waals surface area contributed by atoms with Gasteiger partial charge in [-0.1, -0.05) is 20.8 Å². The van der Waals surface area contributed by atoms with Crippen LogP contribution in [0.15, 0.2) is 24.7 Å². The van der Waals surface area contributed by atoms with Crippen molar-refractivity contribution >= 4 is 5.91 Å². The van der Waals surface area contributed by atoms with Crippen molar-refractivity contribution < 1.29 is 4.79 Å². The highest BCUT2D eigenvalue weighted by Gasteiger charge is 2.33. The molecule has 1 atom stereocenters. The molecule has 0 radical (unpaired) electrons. The number of amides is 1. The summed E-state index contributed by atoms with van der Waals surface area (Å²) in [6.45, 7) is 7.56. The van der Waals surface area contributed by atoms with Gasteiger partial charge < -0.3 is 4.90 Å². The maximum atomic E-state index is 12.4. The normalized spacial score (nSPS) is 18.4. The molecule has 2 aromatic heterocycles. The van der Waals surface area contributed by atoms with E-state index in [0.717, 1.165) is 43.0 Å². The van der Waals surface area contributed by atoms with Gasteiger partial charge in [-0.3, -0.25) is 19.9 Å². The molecule has 1 aliphatic heterocycles. The molecule has 2 aromatic rings. The van der Waals surface area contributed by atoms with Crippen molar-refractivity contribution in [1.29, 1.82) is 0 Å². The zero-order valence-corrected chi connectivity index (χ0v) is 13.9. The summed E-state index contributed by atoms with van der Waals surface area (Å²) in [5.41, 5.74) is 2.38. The number of nitrogens with zero attached hydrogens (tertiary/aromatic N) is 4. The molecule has 0 unspecified atom stereocenters. The Balaban J connectivity index is 1.71. The first-order chi connectivity index (χ1) is 10.9. The minimum absolute atomic E-state index is 0.230. The summed E-state index contributed by atoms with van der Waals surface area (Å²) in [4.78, 5) is 23.3. The Labute approximate surface area is 136 Å². The molecule has 0 aliphatic carbocycles. The first kappa shape index (κ1) is 15.6. The molecular formula is C17H23N5O. The third-order valence-electron chi connectivity index (χ3n) is 4.23. The Morgan fingerprint density at radius 1 is 1.30 bits per heavy atom. The summed E-state index contributed by atoms with van der Waals surface area (Å²) < 4.78 is 0. The number of hydrogen-bond donors (Lipinski definition) is 1. The zero-order valence-electron chi connectivity index (χ0n) is 13.9. The Hall–Kier alpha value is -2.24. The molecule has 122 valence electrons. The van der Waals surface area contributed by atoms with Crippen LogP contribution in [0.25, 0.3) is 11.4 Å². The monoisotopic (exact) mass is 313 g/mol. The van der Waals surface area contributed by atoms with Gasteiger partial charge in [-0.2, -0.15) is 5.10 Å². The zero-order chi connectivity index (χ0) is 16.4. The molecule has 1 aliphatic rings. The number of H-pyrrole nitrogens is 1. The molecular weight excluding hydrogens is 290 g/mol. The van der Waals surface area contributed by atoms with E-state index in [1.165, 1.54) is 0 Å². The predicted octanol–water partition coefficient (Wildman–Crippen LogP) is 2.30. The summed E-state index contributed by atoms with van der Waals surface area (Å²) in [6, 6.07) is 1.90. The molecule has 1 N–H and O–H groups in total. The molecule has 3 rings (SSSR count). The summed E-state index contributed by atoms with van der Waals surface area (Å²) in [5.74, 6) is 0.660. The predicted molar refractivity (Wildman–Crippen MR) is 87.5 cm³/mol. The third-order valence-corrected chi connectivity index (χ3v) is 4.23. The SMILES string of the molecule is CC(C)(C)C(=O)N1CC[C@@H](Cc2nccnc2-c2ccn[nH]2)C1. The van der Waals surface area contributed by atoms with Crippen molar-refractivity contribution in [3.8, 4) is 11.4 Å². The molecule has 0 saturated carbocycles. The number of likely N-dealkylation sites (tertiary alicyclic amines) is 1. The highest BCUT2D eigenvalue weighted by molar-refractivity contribution is 5.81. The second-order valence-electron chi connectivity index (χ2n) is 7.18. The molecule has 1 fully saturated rings. The van der Waals surface area contributed by atoms with E-state index in [1.807, 2.05) is 31.7 Å². The topological polar surface area (TPSA) is 74.8 Å². The Morgan fingerprint density at radius 2 is 2.09 bits per heavy atom. The van der Waals surface area contributed by atoms with E-state index in [-0.39, 0.29) is 11.3 Å². The fourth-order valence-corrected chi connectivity index (χ4v) is 3.06. The van der Waals surface area contributed by atoms with Crippen LogP contribution in [0.4, 0.5) is 0 Å². The van der Waals surface area contributed by atoms with Crippen LogP contribution in [0.2, 0.25) is 0 Å². The van der Waals surface area contributed by atoms with E-state index in [1.54, 1.807) is 18.6 Å². The second kappa shape index (κ2) is 6.10. The first-order valence-corrected chi connectivity index (χ1v) is 8.04.